The van der Waals surface area contributed by atoms with E-state index in [-0.39, 0.29) is 0 Å². The van der Waals surface area contributed by atoms with Crippen molar-refractivity contribution < 1.29 is 0 Å². The molecule has 1 saturated carbocycles. The van der Waals surface area contributed by atoms with Gasteiger partial charge in [0, 0.05) is 18.5 Å². The Morgan fingerprint density at radius 3 is 2.15 bits per heavy atom. The van der Waals surface area contributed by atoms with Crippen molar-refractivity contribution in [3.8, 4) is 0 Å². The third kappa shape index (κ3) is 3.62. The van der Waals surface area contributed by atoms with E-state index in [1.807, 2.05) is 27.8 Å². The summed E-state index contributed by atoms with van der Waals surface area (Å²) in [5.41, 5.74) is 9.19. The van der Waals surface area contributed by atoms with Crippen molar-refractivity contribution in [1.29, 1.82) is 0 Å². The van der Waals surface area contributed by atoms with Crippen LogP contribution in [-0.2, 0) is 0 Å². The lowest BCUT2D eigenvalue weighted by Crippen LogP contribution is -2.13. The number of nitrogens with two attached hydrogens (primary N) is 1. The van der Waals surface area contributed by atoms with Gasteiger partial charge >= 0.3 is 0 Å². The molecule has 1 aliphatic rings. The number of allylic oxidation sites excluding steroid dienone is 2. The van der Waals surface area contributed by atoms with E-state index < -0.39 is 0 Å². The standard InChI is InChI=1S/C9H16N2.C2H6/c1-7(10)8-5-3-4-6-9(8)11-2;1-2/h3-6,10H2,1-2H3;1-2H3/b8-7+,11-9?;. The van der Waals surface area contributed by atoms with Gasteiger partial charge in [-0.05, 0) is 38.2 Å². The second-order valence-corrected chi connectivity index (χ2v) is 3.04. The van der Waals surface area contributed by atoms with Gasteiger partial charge in [-0.2, -0.15) is 0 Å². The van der Waals surface area contributed by atoms with Crippen LogP contribution in [0.3, 0.4) is 0 Å². The summed E-state index contributed by atoms with van der Waals surface area (Å²) >= 11 is 0. The molecule has 0 unspecified atom stereocenters. The summed E-state index contributed by atoms with van der Waals surface area (Å²) in [5, 5.41) is 0. The van der Waals surface area contributed by atoms with E-state index in [4.69, 9.17) is 5.73 Å². The molecule has 0 amide bonds. The Labute approximate surface area is 81.9 Å². The zero-order valence-electron chi connectivity index (χ0n) is 9.35. The molecule has 0 atom stereocenters. The van der Waals surface area contributed by atoms with Crippen molar-refractivity contribution in [2.24, 2.45) is 10.7 Å². The van der Waals surface area contributed by atoms with Gasteiger partial charge in [0.1, 0.15) is 0 Å². The summed E-state index contributed by atoms with van der Waals surface area (Å²) in [6, 6.07) is 0. The van der Waals surface area contributed by atoms with E-state index in [1.165, 1.54) is 24.1 Å². The minimum absolute atomic E-state index is 0.949. The van der Waals surface area contributed by atoms with Gasteiger partial charge in [-0.3, -0.25) is 4.99 Å². The van der Waals surface area contributed by atoms with Crippen molar-refractivity contribution in [1.82, 2.24) is 0 Å². The monoisotopic (exact) mass is 182 g/mol. The fourth-order valence-corrected chi connectivity index (χ4v) is 1.56. The highest BCUT2D eigenvalue weighted by atomic mass is 14.7. The first-order chi connectivity index (χ1) is 6.25. The summed E-state index contributed by atoms with van der Waals surface area (Å²) in [5.74, 6) is 0. The second-order valence-electron chi connectivity index (χ2n) is 3.04. The third-order valence-corrected chi connectivity index (χ3v) is 2.18. The molecule has 0 bridgehead atoms. The van der Waals surface area contributed by atoms with Crippen LogP contribution in [0.1, 0.15) is 46.5 Å². The van der Waals surface area contributed by atoms with Crippen LogP contribution in [0.25, 0.3) is 0 Å². The van der Waals surface area contributed by atoms with Gasteiger partial charge in [-0.1, -0.05) is 13.8 Å². The third-order valence-electron chi connectivity index (χ3n) is 2.18. The highest BCUT2D eigenvalue weighted by Crippen LogP contribution is 2.21. The Morgan fingerprint density at radius 1 is 1.23 bits per heavy atom. The molecule has 1 rings (SSSR count). The van der Waals surface area contributed by atoms with Crippen LogP contribution in [0.4, 0.5) is 0 Å². The van der Waals surface area contributed by atoms with Crippen LogP contribution >= 0.6 is 0 Å². The highest BCUT2D eigenvalue weighted by molar-refractivity contribution is 6.01. The topological polar surface area (TPSA) is 38.4 Å². The molecule has 2 heteroatoms. The van der Waals surface area contributed by atoms with Crippen molar-refractivity contribution in [3.05, 3.63) is 11.3 Å². The largest absolute Gasteiger partial charge is 0.402 e. The van der Waals surface area contributed by atoms with E-state index in [1.54, 1.807) is 0 Å². The normalized spacial score (nSPS) is 23.5. The average Bonchev–Trinajstić information content (AvgIpc) is 2.20. The van der Waals surface area contributed by atoms with Crippen molar-refractivity contribution >= 4 is 5.71 Å². The van der Waals surface area contributed by atoms with E-state index in [0.717, 1.165) is 18.5 Å². The molecule has 1 fully saturated rings. The van der Waals surface area contributed by atoms with Gasteiger partial charge < -0.3 is 5.73 Å². The summed E-state index contributed by atoms with van der Waals surface area (Å²) in [6.07, 6.45) is 4.77. The first-order valence-corrected chi connectivity index (χ1v) is 5.17. The van der Waals surface area contributed by atoms with E-state index in [9.17, 15) is 0 Å². The van der Waals surface area contributed by atoms with E-state index in [2.05, 4.69) is 4.99 Å². The molecular formula is C11H22N2. The van der Waals surface area contributed by atoms with Gasteiger partial charge in [0.15, 0.2) is 0 Å². The zero-order chi connectivity index (χ0) is 10.3. The number of aliphatic imine (C=N–C) groups is 1. The number of rotatable bonds is 0. The number of hydrogen-bond donors (Lipinski definition) is 1. The lowest BCUT2D eigenvalue weighted by atomic mass is 9.91. The molecule has 0 radical (unpaired) electrons. The molecule has 0 aromatic heterocycles. The molecule has 0 aromatic rings. The van der Waals surface area contributed by atoms with Crippen molar-refractivity contribution in [2.75, 3.05) is 7.05 Å². The Morgan fingerprint density at radius 2 is 1.77 bits per heavy atom. The average molecular weight is 182 g/mol. The maximum Gasteiger partial charge on any atom is 0.0393 e. The predicted molar refractivity (Wildman–Crippen MR) is 60.1 cm³/mol. The molecule has 0 heterocycles. The molecule has 0 spiro atoms. The molecule has 76 valence electrons. The fraction of sp³-hybridized carbons (Fsp3) is 0.727. The van der Waals surface area contributed by atoms with Crippen LogP contribution in [-0.4, -0.2) is 12.8 Å². The molecule has 2 N–H and O–H groups in total. The highest BCUT2D eigenvalue weighted by Gasteiger charge is 2.13. The number of hydrogen-bond acceptors (Lipinski definition) is 2. The molecule has 0 aliphatic heterocycles. The Balaban J connectivity index is 0.000000671. The fourth-order valence-electron chi connectivity index (χ4n) is 1.56. The van der Waals surface area contributed by atoms with Gasteiger partial charge in [0.05, 0.1) is 0 Å². The number of nitrogens with zero attached hydrogens (tertiary/aromatic N) is 1. The van der Waals surface area contributed by atoms with Crippen LogP contribution in [0.5, 0.6) is 0 Å². The van der Waals surface area contributed by atoms with Crippen molar-refractivity contribution in [2.45, 2.75) is 46.5 Å². The SMILES string of the molecule is CC.CN=C1CCCC/C1=C(/C)N. The van der Waals surface area contributed by atoms with E-state index in [0.29, 0.717) is 0 Å². The molecule has 13 heavy (non-hydrogen) atoms. The summed E-state index contributed by atoms with van der Waals surface area (Å²) in [7, 11) is 1.85. The minimum atomic E-state index is 0.949. The van der Waals surface area contributed by atoms with Gasteiger partial charge in [-0.25, -0.2) is 0 Å². The molecular weight excluding hydrogens is 160 g/mol. The van der Waals surface area contributed by atoms with Crippen LogP contribution < -0.4 is 5.73 Å². The van der Waals surface area contributed by atoms with Crippen LogP contribution in [0.15, 0.2) is 16.3 Å². The predicted octanol–water partition coefficient (Wildman–Crippen LogP) is 2.89. The quantitative estimate of drug-likeness (QED) is 0.614. The smallest absolute Gasteiger partial charge is 0.0393 e. The first kappa shape index (κ1) is 12.2. The minimum Gasteiger partial charge on any atom is -0.402 e. The lowest BCUT2D eigenvalue weighted by molar-refractivity contribution is 0.726. The Hall–Kier alpha value is -0.790. The first-order valence-electron chi connectivity index (χ1n) is 5.17. The molecule has 2 nitrogen and oxygen atoms in total. The summed E-state index contributed by atoms with van der Waals surface area (Å²) < 4.78 is 0. The van der Waals surface area contributed by atoms with E-state index >= 15 is 0 Å². The molecule has 0 saturated heterocycles. The lowest BCUT2D eigenvalue weighted by Gasteiger charge is -2.17. The Bertz CT molecular complexity index is 198. The zero-order valence-corrected chi connectivity index (χ0v) is 9.35. The van der Waals surface area contributed by atoms with Gasteiger partial charge in [0.25, 0.3) is 0 Å². The van der Waals surface area contributed by atoms with Crippen molar-refractivity contribution in [3.63, 3.8) is 0 Å². The summed E-state index contributed by atoms with van der Waals surface area (Å²) in [6.45, 7) is 5.96. The summed E-state index contributed by atoms with van der Waals surface area (Å²) in [4.78, 5) is 4.23. The van der Waals surface area contributed by atoms with Crippen LogP contribution in [0, 0.1) is 0 Å². The van der Waals surface area contributed by atoms with Gasteiger partial charge in [-0.15, -0.1) is 0 Å². The van der Waals surface area contributed by atoms with Crippen LogP contribution in [0.2, 0.25) is 0 Å². The second kappa shape index (κ2) is 6.70. The Kier molecular flexibility index (Phi) is 6.29. The maximum absolute atomic E-state index is 5.73. The molecule has 1 aliphatic carbocycles. The van der Waals surface area contributed by atoms with Gasteiger partial charge in [0.2, 0.25) is 0 Å². The molecule has 0 aromatic carbocycles. The maximum atomic E-state index is 5.73.